The fourth-order valence-electron chi connectivity index (χ4n) is 1.17. The van der Waals surface area contributed by atoms with Crippen LogP contribution in [-0.4, -0.2) is 20.6 Å². The lowest BCUT2D eigenvalue weighted by Crippen LogP contribution is -1.81. The van der Waals surface area contributed by atoms with Crippen LogP contribution in [0.3, 0.4) is 0 Å². The number of phenolic OH excluding ortho intramolecular Hbond substituents is 1. The maximum atomic E-state index is 9.33. The first-order chi connectivity index (χ1) is 5.61. The first-order valence-electron chi connectivity index (χ1n) is 3.71. The second kappa shape index (κ2) is 4.91. The zero-order valence-corrected chi connectivity index (χ0v) is 7.76. The summed E-state index contributed by atoms with van der Waals surface area (Å²) < 4.78 is 0. The number of rotatable bonds is 0. The Morgan fingerprint density at radius 3 is 1.67 bits per heavy atom. The van der Waals surface area contributed by atoms with E-state index in [1.54, 1.807) is 0 Å². The molecule has 1 aromatic carbocycles. The van der Waals surface area contributed by atoms with E-state index in [4.69, 9.17) is 0 Å². The Morgan fingerprint density at radius 1 is 1.00 bits per heavy atom. The van der Waals surface area contributed by atoms with Crippen LogP contribution in [0.15, 0.2) is 12.1 Å². The number of benzene rings is 1. The van der Waals surface area contributed by atoms with Gasteiger partial charge in [0.2, 0.25) is 0 Å². The summed E-state index contributed by atoms with van der Waals surface area (Å²) in [6.45, 7) is 5.85. The average molecular weight is 158 g/mol. The predicted octanol–water partition coefficient (Wildman–Crippen LogP) is 1.56. The normalized spacial score (nSPS) is 8.58. The lowest BCUT2D eigenvalue weighted by atomic mass is 9.81. The van der Waals surface area contributed by atoms with Gasteiger partial charge in [0.15, 0.2) is 0 Å². The van der Waals surface area contributed by atoms with E-state index < -0.39 is 0 Å². The van der Waals surface area contributed by atoms with Crippen LogP contribution in [0.1, 0.15) is 16.7 Å². The highest BCUT2D eigenvalue weighted by Crippen LogP contribution is 2.21. The molecule has 60 valence electrons. The fraction of sp³-hybridized carbons (Fsp3) is 0.333. The minimum atomic E-state index is 0.422. The maximum Gasteiger partial charge on any atom is 0.121 e. The van der Waals surface area contributed by atoms with Crippen LogP contribution in [0, 0.1) is 20.8 Å². The van der Waals surface area contributed by atoms with E-state index in [1.807, 2.05) is 32.9 Å². The lowest BCUT2D eigenvalue weighted by Gasteiger charge is -2.03. The highest BCUT2D eigenvalue weighted by molar-refractivity contribution is 6.75. The van der Waals surface area contributed by atoms with Crippen LogP contribution in [-0.2, 0) is 0 Å². The SMILES string of the molecule is Cc1cc(C)c(O)c(C)c1.[B][B]. The van der Waals surface area contributed by atoms with Gasteiger partial charge in [0, 0.05) is 15.5 Å². The second-order valence-electron chi connectivity index (χ2n) is 2.75. The van der Waals surface area contributed by atoms with Gasteiger partial charge in [-0.1, -0.05) is 17.7 Å². The molecule has 0 spiro atoms. The fourth-order valence-corrected chi connectivity index (χ4v) is 1.17. The van der Waals surface area contributed by atoms with Crippen molar-refractivity contribution >= 4 is 15.5 Å². The quantitative estimate of drug-likeness (QED) is 0.567. The van der Waals surface area contributed by atoms with Gasteiger partial charge in [-0.3, -0.25) is 0 Å². The monoisotopic (exact) mass is 158 g/mol. The van der Waals surface area contributed by atoms with Crippen molar-refractivity contribution in [1.82, 2.24) is 0 Å². The lowest BCUT2D eigenvalue weighted by molar-refractivity contribution is 0.466. The smallest absolute Gasteiger partial charge is 0.121 e. The first-order valence-corrected chi connectivity index (χ1v) is 3.71. The maximum absolute atomic E-state index is 9.33. The van der Waals surface area contributed by atoms with Crippen molar-refractivity contribution in [3.63, 3.8) is 0 Å². The summed E-state index contributed by atoms with van der Waals surface area (Å²) in [6.07, 6.45) is 0. The Hall–Kier alpha value is -0.850. The van der Waals surface area contributed by atoms with Crippen molar-refractivity contribution in [3.05, 3.63) is 28.8 Å². The van der Waals surface area contributed by atoms with Crippen molar-refractivity contribution < 1.29 is 5.11 Å². The van der Waals surface area contributed by atoms with Gasteiger partial charge in [0.1, 0.15) is 5.75 Å². The first kappa shape index (κ1) is 11.1. The number of hydrogen-bond acceptors (Lipinski definition) is 1. The van der Waals surface area contributed by atoms with E-state index >= 15 is 0 Å². The van der Waals surface area contributed by atoms with E-state index in [0.717, 1.165) is 11.1 Å². The number of hydrogen-bond donors (Lipinski definition) is 1. The van der Waals surface area contributed by atoms with Gasteiger partial charge in [-0.05, 0) is 31.9 Å². The Labute approximate surface area is 76.6 Å². The highest BCUT2D eigenvalue weighted by Gasteiger charge is 1.98. The molecule has 0 heterocycles. The Bertz CT molecular complexity index is 236. The molecule has 0 bridgehead atoms. The number of aromatic hydroxyl groups is 1. The van der Waals surface area contributed by atoms with Crippen molar-refractivity contribution in [2.24, 2.45) is 0 Å². The molecule has 0 aromatic heterocycles. The van der Waals surface area contributed by atoms with E-state index in [0.29, 0.717) is 5.75 Å². The van der Waals surface area contributed by atoms with Crippen LogP contribution in [0.4, 0.5) is 0 Å². The van der Waals surface area contributed by atoms with Crippen molar-refractivity contribution in [1.29, 1.82) is 0 Å². The Balaban J connectivity index is 0.000000561. The number of aryl methyl sites for hydroxylation is 3. The predicted molar refractivity (Wildman–Crippen MR) is 53.8 cm³/mol. The summed E-state index contributed by atoms with van der Waals surface area (Å²) in [5.41, 5.74) is 3.11. The Morgan fingerprint density at radius 2 is 1.33 bits per heavy atom. The minimum absolute atomic E-state index is 0.422. The summed E-state index contributed by atoms with van der Waals surface area (Å²) in [5.74, 6) is 0.422. The molecule has 3 heteroatoms. The summed E-state index contributed by atoms with van der Waals surface area (Å²) in [7, 11) is 8.00. The molecular formula is C9H12B2O. The van der Waals surface area contributed by atoms with Gasteiger partial charge in [0.25, 0.3) is 0 Å². The van der Waals surface area contributed by atoms with Crippen LogP contribution in [0.25, 0.3) is 0 Å². The zero-order valence-electron chi connectivity index (χ0n) is 7.76. The molecule has 0 saturated carbocycles. The van der Waals surface area contributed by atoms with E-state index in [2.05, 4.69) is 15.5 Å². The summed E-state index contributed by atoms with van der Waals surface area (Å²) in [6, 6.07) is 3.95. The molecule has 0 aliphatic rings. The van der Waals surface area contributed by atoms with E-state index in [9.17, 15) is 5.11 Å². The topological polar surface area (TPSA) is 20.2 Å². The average Bonchev–Trinajstić information content (AvgIpc) is 2.04. The molecule has 0 fully saturated rings. The van der Waals surface area contributed by atoms with Crippen molar-refractivity contribution in [3.8, 4) is 5.75 Å². The molecule has 0 atom stereocenters. The molecular weight excluding hydrogens is 146 g/mol. The molecule has 0 saturated heterocycles. The van der Waals surface area contributed by atoms with Gasteiger partial charge < -0.3 is 5.11 Å². The molecule has 0 amide bonds. The molecule has 1 rings (SSSR count). The van der Waals surface area contributed by atoms with Crippen molar-refractivity contribution in [2.75, 3.05) is 0 Å². The molecule has 12 heavy (non-hydrogen) atoms. The highest BCUT2D eigenvalue weighted by atomic mass is 16.3. The molecule has 4 radical (unpaired) electrons. The number of phenols is 1. The molecule has 0 aliphatic carbocycles. The van der Waals surface area contributed by atoms with Gasteiger partial charge in [-0.15, -0.1) is 0 Å². The minimum Gasteiger partial charge on any atom is -0.507 e. The molecule has 1 N–H and O–H groups in total. The third-order valence-corrected chi connectivity index (χ3v) is 1.64. The summed E-state index contributed by atoms with van der Waals surface area (Å²) >= 11 is 0. The third-order valence-electron chi connectivity index (χ3n) is 1.64. The summed E-state index contributed by atoms with van der Waals surface area (Å²) in [5, 5.41) is 9.33. The summed E-state index contributed by atoms with van der Waals surface area (Å²) in [4.78, 5) is 0. The van der Waals surface area contributed by atoms with Crippen LogP contribution >= 0.6 is 0 Å². The van der Waals surface area contributed by atoms with Crippen LogP contribution in [0.5, 0.6) is 5.75 Å². The zero-order chi connectivity index (χ0) is 9.72. The van der Waals surface area contributed by atoms with Crippen LogP contribution < -0.4 is 0 Å². The standard InChI is InChI=1S/C9H12O.B2/c1-6-4-7(2)9(10)8(3)5-6;1-2/h4-5,10H,1-3H3;. The Kier molecular flexibility index (Phi) is 4.57. The molecule has 1 aromatic rings. The molecule has 0 aliphatic heterocycles. The van der Waals surface area contributed by atoms with Crippen molar-refractivity contribution in [2.45, 2.75) is 20.8 Å². The van der Waals surface area contributed by atoms with Gasteiger partial charge >= 0.3 is 0 Å². The second-order valence-corrected chi connectivity index (χ2v) is 2.75. The van der Waals surface area contributed by atoms with E-state index in [1.165, 1.54) is 5.56 Å². The van der Waals surface area contributed by atoms with Gasteiger partial charge in [-0.2, -0.15) is 0 Å². The largest absolute Gasteiger partial charge is 0.507 e. The van der Waals surface area contributed by atoms with E-state index in [-0.39, 0.29) is 0 Å². The molecule has 1 nitrogen and oxygen atoms in total. The van der Waals surface area contributed by atoms with Gasteiger partial charge in [0.05, 0.1) is 0 Å². The third kappa shape index (κ3) is 2.65. The van der Waals surface area contributed by atoms with Crippen LogP contribution in [0.2, 0.25) is 0 Å². The van der Waals surface area contributed by atoms with Gasteiger partial charge in [-0.25, -0.2) is 0 Å². The molecule has 0 unspecified atom stereocenters.